The molecule has 0 saturated heterocycles. The van der Waals surface area contributed by atoms with E-state index in [1.165, 1.54) is 23.9 Å². The first-order valence-electron chi connectivity index (χ1n) is 9.77. The minimum absolute atomic E-state index is 0.0875. The number of amides is 2. The van der Waals surface area contributed by atoms with Gasteiger partial charge in [-0.25, -0.2) is 8.42 Å². The molecular weight excluding hydrogens is 440 g/mol. The van der Waals surface area contributed by atoms with Crippen LogP contribution < -0.4 is 20.1 Å². The maximum Gasteiger partial charge on any atom is 0.231 e. The van der Waals surface area contributed by atoms with Crippen LogP contribution in [0.4, 0.5) is 5.69 Å². The van der Waals surface area contributed by atoms with Gasteiger partial charge in [-0.3, -0.25) is 9.59 Å². The van der Waals surface area contributed by atoms with Crippen molar-refractivity contribution in [2.45, 2.75) is 29.7 Å². The number of carbonyl (C=O) groups is 2. The Hall–Kier alpha value is -2.72. The average Bonchev–Trinajstić information content (AvgIpc) is 3.11. The first-order chi connectivity index (χ1) is 14.8. The summed E-state index contributed by atoms with van der Waals surface area (Å²) in [4.78, 5) is 25.2. The summed E-state index contributed by atoms with van der Waals surface area (Å²) in [6.07, 6.45) is 0.377. The lowest BCUT2D eigenvalue weighted by molar-refractivity contribution is -0.124. The molecule has 2 aromatic carbocycles. The lowest BCUT2D eigenvalue weighted by Crippen LogP contribution is -2.32. The second-order valence-corrected chi connectivity index (χ2v) is 10.6. The van der Waals surface area contributed by atoms with E-state index in [1.54, 1.807) is 25.1 Å². The number of anilines is 1. The van der Waals surface area contributed by atoms with Crippen molar-refractivity contribution in [1.29, 1.82) is 0 Å². The molecule has 10 heteroatoms. The molecule has 8 nitrogen and oxygen atoms in total. The largest absolute Gasteiger partial charge is 0.454 e. The number of sulfone groups is 1. The lowest BCUT2D eigenvalue weighted by atomic mass is 10.1. The topological polar surface area (TPSA) is 111 Å². The molecule has 2 aliphatic rings. The summed E-state index contributed by atoms with van der Waals surface area (Å²) in [5, 5.41) is 5.51. The summed E-state index contributed by atoms with van der Waals surface area (Å²) in [6.45, 7) is 2.00. The van der Waals surface area contributed by atoms with Gasteiger partial charge >= 0.3 is 0 Å². The maximum absolute atomic E-state index is 12.9. The van der Waals surface area contributed by atoms with E-state index < -0.39 is 15.8 Å². The van der Waals surface area contributed by atoms with Crippen molar-refractivity contribution in [2.75, 3.05) is 23.6 Å². The third-order valence-electron chi connectivity index (χ3n) is 4.99. The fourth-order valence-electron chi connectivity index (χ4n) is 3.31. The van der Waals surface area contributed by atoms with E-state index in [2.05, 4.69) is 10.6 Å². The smallest absolute Gasteiger partial charge is 0.231 e. The van der Waals surface area contributed by atoms with Crippen molar-refractivity contribution >= 4 is 39.1 Å². The van der Waals surface area contributed by atoms with Crippen LogP contribution in [0.1, 0.15) is 18.9 Å². The summed E-state index contributed by atoms with van der Waals surface area (Å²) in [7, 11) is -3.72. The zero-order valence-electron chi connectivity index (χ0n) is 16.8. The van der Waals surface area contributed by atoms with Crippen LogP contribution in [0.15, 0.2) is 46.2 Å². The van der Waals surface area contributed by atoms with E-state index >= 15 is 0 Å². The zero-order chi connectivity index (χ0) is 22.0. The van der Waals surface area contributed by atoms with Gasteiger partial charge in [-0.2, -0.15) is 0 Å². The van der Waals surface area contributed by atoms with Gasteiger partial charge in [0.25, 0.3) is 0 Å². The molecule has 0 aromatic heterocycles. The van der Waals surface area contributed by atoms with Crippen LogP contribution in [-0.4, -0.2) is 38.5 Å². The van der Waals surface area contributed by atoms with Crippen LogP contribution >= 0.6 is 11.8 Å². The number of carbonyl (C=O) groups excluding carboxylic acids is 2. The minimum Gasteiger partial charge on any atom is -0.454 e. The molecule has 0 radical (unpaired) electrons. The highest BCUT2D eigenvalue weighted by atomic mass is 32.2. The number of rotatable bonds is 6. The second kappa shape index (κ2) is 8.80. The molecule has 4 rings (SSSR count). The van der Waals surface area contributed by atoms with Gasteiger partial charge in [-0.05, 0) is 35.9 Å². The Kier molecular flexibility index (Phi) is 6.10. The highest BCUT2D eigenvalue weighted by Crippen LogP contribution is 2.34. The molecular formula is C21H22N2O6S2. The Balaban J connectivity index is 1.39. The summed E-state index contributed by atoms with van der Waals surface area (Å²) in [5.41, 5.74) is 1.32. The molecule has 0 unspecified atom stereocenters. The van der Waals surface area contributed by atoms with Crippen LogP contribution in [-0.2, 0) is 26.0 Å². The molecule has 0 spiro atoms. The highest BCUT2D eigenvalue weighted by Gasteiger charge is 2.25. The molecule has 1 atom stereocenters. The van der Waals surface area contributed by atoms with Crippen LogP contribution in [0, 0.1) is 5.92 Å². The van der Waals surface area contributed by atoms with Crippen molar-refractivity contribution < 1.29 is 27.5 Å². The molecule has 164 valence electrons. The molecule has 2 N–H and O–H groups in total. The number of thioether (sulfide) groups is 1. The maximum atomic E-state index is 12.9. The van der Waals surface area contributed by atoms with Gasteiger partial charge in [0.15, 0.2) is 21.3 Å². The number of hydrogen-bond donors (Lipinski definition) is 2. The lowest BCUT2D eigenvalue weighted by Gasteiger charge is -2.14. The number of fused-ring (bicyclic) bond motifs is 2. The number of benzene rings is 2. The highest BCUT2D eigenvalue weighted by molar-refractivity contribution is 7.99. The third-order valence-corrected chi connectivity index (χ3v) is 7.98. The van der Waals surface area contributed by atoms with Gasteiger partial charge in [-0.1, -0.05) is 13.0 Å². The Bertz CT molecular complexity index is 1130. The van der Waals surface area contributed by atoms with E-state index in [0.29, 0.717) is 29.4 Å². The van der Waals surface area contributed by atoms with E-state index in [1.807, 2.05) is 6.07 Å². The third kappa shape index (κ3) is 4.96. The van der Waals surface area contributed by atoms with Gasteiger partial charge < -0.3 is 20.1 Å². The average molecular weight is 463 g/mol. The molecule has 0 aliphatic carbocycles. The van der Waals surface area contributed by atoms with Crippen LogP contribution in [0.5, 0.6) is 11.5 Å². The molecule has 2 aliphatic heterocycles. The van der Waals surface area contributed by atoms with E-state index in [-0.39, 0.29) is 35.8 Å². The molecule has 2 heterocycles. The molecule has 2 amide bonds. The van der Waals surface area contributed by atoms with E-state index in [4.69, 9.17) is 9.47 Å². The molecule has 2 aromatic rings. The monoisotopic (exact) mass is 462 g/mol. The molecule has 31 heavy (non-hydrogen) atoms. The van der Waals surface area contributed by atoms with Crippen molar-refractivity contribution in [3.05, 3.63) is 42.0 Å². The first kappa shape index (κ1) is 21.5. The quantitative estimate of drug-likeness (QED) is 0.679. The Labute approximate surface area is 184 Å². The van der Waals surface area contributed by atoms with Crippen molar-refractivity contribution in [2.24, 2.45) is 5.92 Å². The fraction of sp³-hybridized carbons (Fsp3) is 0.333. The fourth-order valence-corrected chi connectivity index (χ4v) is 5.82. The Morgan fingerprint density at radius 3 is 2.84 bits per heavy atom. The Morgan fingerprint density at radius 2 is 2.00 bits per heavy atom. The first-order valence-corrected chi connectivity index (χ1v) is 12.4. The second-order valence-electron chi connectivity index (χ2n) is 7.39. The Morgan fingerprint density at radius 1 is 1.19 bits per heavy atom. The number of nitrogens with one attached hydrogen (secondary N) is 2. The standard InChI is InChI=1S/C21H22N2O6S2/c1-13(21(25)22-10-14-2-4-17-18(8-14)29-12-28-17)11-31(26,27)15-3-5-19-16(9-15)23-20(24)6-7-30-19/h2-5,8-9,13H,6-7,10-12H2,1H3,(H,22,25)(H,23,24)/t13-/m0/s1. The summed E-state index contributed by atoms with van der Waals surface area (Å²) >= 11 is 1.50. The van der Waals surface area contributed by atoms with Crippen molar-refractivity contribution in [1.82, 2.24) is 5.32 Å². The summed E-state index contributed by atoms with van der Waals surface area (Å²) < 4.78 is 36.3. The van der Waals surface area contributed by atoms with Gasteiger partial charge in [0.2, 0.25) is 18.6 Å². The summed E-state index contributed by atoms with van der Waals surface area (Å²) in [5.74, 6) is 0.338. The number of ether oxygens (including phenoxy) is 2. The van der Waals surface area contributed by atoms with Gasteiger partial charge in [0.1, 0.15) is 0 Å². The van der Waals surface area contributed by atoms with Crippen LogP contribution in [0.3, 0.4) is 0 Å². The van der Waals surface area contributed by atoms with Crippen LogP contribution in [0.25, 0.3) is 0 Å². The van der Waals surface area contributed by atoms with Gasteiger partial charge in [0, 0.05) is 29.5 Å². The zero-order valence-corrected chi connectivity index (χ0v) is 18.5. The summed E-state index contributed by atoms with van der Waals surface area (Å²) in [6, 6.07) is 10.1. The molecule has 0 saturated carbocycles. The molecule has 0 fully saturated rings. The predicted octanol–water partition coefficient (Wildman–Crippen LogP) is 2.58. The van der Waals surface area contributed by atoms with Crippen LogP contribution in [0.2, 0.25) is 0 Å². The predicted molar refractivity (Wildman–Crippen MR) is 116 cm³/mol. The minimum atomic E-state index is -3.72. The van der Waals surface area contributed by atoms with E-state index in [0.717, 1.165) is 10.5 Å². The molecule has 0 bridgehead atoms. The number of hydrogen-bond acceptors (Lipinski definition) is 7. The van der Waals surface area contributed by atoms with Gasteiger partial charge in [0.05, 0.1) is 16.3 Å². The van der Waals surface area contributed by atoms with Crippen molar-refractivity contribution in [3.63, 3.8) is 0 Å². The normalized spacial score (nSPS) is 16.1. The van der Waals surface area contributed by atoms with Crippen molar-refractivity contribution in [3.8, 4) is 11.5 Å². The van der Waals surface area contributed by atoms with E-state index in [9.17, 15) is 18.0 Å². The SMILES string of the molecule is C[C@@H](CS(=O)(=O)c1ccc2c(c1)NC(=O)CCS2)C(=O)NCc1ccc2c(c1)OCO2. The van der Waals surface area contributed by atoms with Gasteiger partial charge in [-0.15, -0.1) is 11.8 Å².